The van der Waals surface area contributed by atoms with Gasteiger partial charge < -0.3 is 5.43 Å². The molecule has 0 spiro atoms. The Bertz CT molecular complexity index is 642. The van der Waals surface area contributed by atoms with Crippen LogP contribution in [0, 0.1) is 17.8 Å². The molecule has 2 aliphatic carbocycles. The molecule has 0 heterocycles. The minimum Gasteiger partial charge on any atom is -0.312 e. The molecule has 2 aliphatic rings. The molecule has 3 rings (SSSR count). The van der Waals surface area contributed by atoms with Gasteiger partial charge in [-0.05, 0) is 55.4 Å². The summed E-state index contributed by atoms with van der Waals surface area (Å²) in [6, 6.07) is 6.07. The molecule has 2 N–H and O–H groups in total. The van der Waals surface area contributed by atoms with Gasteiger partial charge in [0, 0.05) is 16.6 Å². The zero-order chi connectivity index (χ0) is 15.0. The highest BCUT2D eigenvalue weighted by Gasteiger charge is 2.40. The van der Waals surface area contributed by atoms with Crippen LogP contribution in [0.4, 0.5) is 0 Å². The number of benzene rings is 1. The van der Waals surface area contributed by atoms with Crippen molar-refractivity contribution >= 4 is 21.6 Å². The molecule has 3 atom stereocenters. The van der Waals surface area contributed by atoms with Crippen molar-refractivity contribution in [2.75, 3.05) is 0 Å². The van der Waals surface area contributed by atoms with Crippen LogP contribution in [-0.2, 0) is 10.0 Å². The van der Waals surface area contributed by atoms with Crippen LogP contribution in [0.15, 0.2) is 41.4 Å². The van der Waals surface area contributed by atoms with Crippen molar-refractivity contribution in [3.8, 4) is 0 Å². The number of sulfonamides is 1. The lowest BCUT2D eigenvalue weighted by atomic mass is 9.87. The molecule has 0 radical (unpaired) electrons. The molecule has 2 fully saturated rings. The van der Waals surface area contributed by atoms with Gasteiger partial charge in [-0.2, -0.15) is 0 Å². The van der Waals surface area contributed by atoms with E-state index in [0.29, 0.717) is 16.9 Å². The fraction of sp³-hybridized carbons (Fsp3) is 0.467. The second-order valence-electron chi connectivity index (χ2n) is 5.99. The van der Waals surface area contributed by atoms with Crippen molar-refractivity contribution in [1.82, 2.24) is 10.3 Å². The third-order valence-electron chi connectivity index (χ3n) is 4.66. The van der Waals surface area contributed by atoms with Gasteiger partial charge in [0.25, 0.3) is 10.0 Å². The van der Waals surface area contributed by atoms with E-state index in [0.717, 1.165) is 18.0 Å². The standard InChI is InChI=1S/C15H19ClN2O2S/c1-10(15-9-11-2-3-12(15)8-11)17-18-21(19,20)14-6-4-13(16)5-7-14/h4-7,11-12,15,17-18H,1-3,8-9H2. The number of halogens is 1. The Morgan fingerprint density at radius 2 is 1.90 bits per heavy atom. The molecule has 6 heteroatoms. The largest absolute Gasteiger partial charge is 0.312 e. The minimum atomic E-state index is -3.60. The lowest BCUT2D eigenvalue weighted by Crippen LogP contribution is -2.39. The van der Waals surface area contributed by atoms with Crippen LogP contribution in [0.2, 0.25) is 5.02 Å². The van der Waals surface area contributed by atoms with E-state index in [1.807, 2.05) is 0 Å². The van der Waals surface area contributed by atoms with E-state index in [1.54, 1.807) is 12.1 Å². The van der Waals surface area contributed by atoms with E-state index in [1.165, 1.54) is 31.4 Å². The van der Waals surface area contributed by atoms with Gasteiger partial charge in [0.2, 0.25) is 0 Å². The van der Waals surface area contributed by atoms with E-state index in [9.17, 15) is 8.42 Å². The number of nitrogens with one attached hydrogen (secondary N) is 2. The van der Waals surface area contributed by atoms with Gasteiger partial charge in [-0.15, -0.1) is 4.83 Å². The zero-order valence-electron chi connectivity index (χ0n) is 11.7. The Labute approximate surface area is 130 Å². The molecule has 1 aromatic rings. The molecule has 21 heavy (non-hydrogen) atoms. The van der Waals surface area contributed by atoms with Crippen LogP contribution < -0.4 is 10.3 Å². The summed E-state index contributed by atoms with van der Waals surface area (Å²) in [6.07, 6.45) is 4.93. The maximum atomic E-state index is 12.2. The highest BCUT2D eigenvalue weighted by atomic mass is 35.5. The van der Waals surface area contributed by atoms with Crippen LogP contribution in [0.3, 0.4) is 0 Å². The predicted molar refractivity (Wildman–Crippen MR) is 83.0 cm³/mol. The van der Waals surface area contributed by atoms with E-state index < -0.39 is 10.0 Å². The quantitative estimate of drug-likeness (QED) is 0.818. The molecule has 1 aromatic carbocycles. The monoisotopic (exact) mass is 326 g/mol. The number of fused-ring (bicyclic) bond motifs is 2. The average molecular weight is 327 g/mol. The average Bonchev–Trinajstić information content (AvgIpc) is 3.08. The Hall–Kier alpha value is -1.04. The van der Waals surface area contributed by atoms with Gasteiger partial charge in [-0.25, -0.2) is 8.42 Å². The second-order valence-corrected chi connectivity index (χ2v) is 8.11. The van der Waals surface area contributed by atoms with Gasteiger partial charge in [-0.3, -0.25) is 0 Å². The first-order valence-electron chi connectivity index (χ1n) is 7.18. The number of hydrogen-bond donors (Lipinski definition) is 2. The van der Waals surface area contributed by atoms with E-state index in [2.05, 4.69) is 16.8 Å². The molecule has 4 nitrogen and oxygen atoms in total. The van der Waals surface area contributed by atoms with Gasteiger partial charge in [0.1, 0.15) is 0 Å². The molecule has 0 saturated heterocycles. The van der Waals surface area contributed by atoms with Gasteiger partial charge in [-0.1, -0.05) is 24.6 Å². The van der Waals surface area contributed by atoms with E-state index in [4.69, 9.17) is 11.6 Å². The lowest BCUT2D eigenvalue weighted by molar-refractivity contribution is 0.360. The smallest absolute Gasteiger partial charge is 0.257 e. The van der Waals surface area contributed by atoms with E-state index >= 15 is 0 Å². The maximum Gasteiger partial charge on any atom is 0.257 e. The molecule has 0 aliphatic heterocycles. The van der Waals surface area contributed by atoms with Crippen LogP contribution >= 0.6 is 11.6 Å². The normalized spacial score (nSPS) is 27.8. The van der Waals surface area contributed by atoms with Crippen LogP contribution in [0.25, 0.3) is 0 Å². The molecule has 2 bridgehead atoms. The topological polar surface area (TPSA) is 58.2 Å². The first kappa shape index (κ1) is 14.9. The number of hydrazine groups is 1. The highest BCUT2D eigenvalue weighted by Crippen LogP contribution is 2.50. The molecule has 3 unspecified atom stereocenters. The van der Waals surface area contributed by atoms with Crippen molar-refractivity contribution in [3.05, 3.63) is 41.6 Å². The summed E-state index contributed by atoms with van der Waals surface area (Å²) < 4.78 is 24.3. The van der Waals surface area contributed by atoms with Gasteiger partial charge in [0.15, 0.2) is 0 Å². The predicted octanol–water partition coefficient (Wildman–Crippen LogP) is 3.07. The Balaban J connectivity index is 1.61. The number of rotatable bonds is 5. The zero-order valence-corrected chi connectivity index (χ0v) is 13.3. The summed E-state index contributed by atoms with van der Waals surface area (Å²) in [7, 11) is -3.60. The van der Waals surface area contributed by atoms with Crippen LogP contribution in [0.5, 0.6) is 0 Å². The summed E-state index contributed by atoms with van der Waals surface area (Å²) in [5.41, 5.74) is 3.57. The molecule has 0 aromatic heterocycles. The van der Waals surface area contributed by atoms with Crippen molar-refractivity contribution in [2.24, 2.45) is 17.8 Å². The van der Waals surface area contributed by atoms with Crippen LogP contribution in [-0.4, -0.2) is 8.42 Å². The Morgan fingerprint density at radius 3 is 2.48 bits per heavy atom. The fourth-order valence-electron chi connectivity index (χ4n) is 3.57. The lowest BCUT2D eigenvalue weighted by Gasteiger charge is -2.24. The summed E-state index contributed by atoms with van der Waals surface area (Å²) in [5, 5.41) is 0.508. The second kappa shape index (κ2) is 5.63. The summed E-state index contributed by atoms with van der Waals surface area (Å²) in [5.74, 6) is 1.85. The number of allylic oxidation sites excluding steroid dienone is 1. The third-order valence-corrected chi connectivity index (χ3v) is 6.17. The molecule has 2 saturated carbocycles. The first-order valence-corrected chi connectivity index (χ1v) is 9.04. The molecular weight excluding hydrogens is 308 g/mol. The maximum absolute atomic E-state index is 12.2. The van der Waals surface area contributed by atoms with Gasteiger partial charge >= 0.3 is 0 Å². The molecule has 114 valence electrons. The molecule has 0 amide bonds. The van der Waals surface area contributed by atoms with Crippen molar-refractivity contribution in [3.63, 3.8) is 0 Å². The number of hydrogen-bond acceptors (Lipinski definition) is 3. The fourth-order valence-corrected chi connectivity index (χ4v) is 4.57. The van der Waals surface area contributed by atoms with Crippen molar-refractivity contribution < 1.29 is 8.42 Å². The summed E-state index contributed by atoms with van der Waals surface area (Å²) >= 11 is 5.77. The summed E-state index contributed by atoms with van der Waals surface area (Å²) in [4.78, 5) is 2.59. The first-order chi connectivity index (χ1) is 9.95. The minimum absolute atomic E-state index is 0.181. The van der Waals surface area contributed by atoms with E-state index in [-0.39, 0.29) is 4.90 Å². The Morgan fingerprint density at radius 1 is 1.19 bits per heavy atom. The Kier molecular flexibility index (Phi) is 3.99. The summed E-state index contributed by atoms with van der Waals surface area (Å²) in [6.45, 7) is 4.01. The third kappa shape index (κ3) is 3.10. The van der Waals surface area contributed by atoms with Crippen molar-refractivity contribution in [2.45, 2.75) is 30.6 Å². The van der Waals surface area contributed by atoms with Crippen LogP contribution in [0.1, 0.15) is 25.7 Å². The SMILES string of the molecule is C=C(NNS(=O)(=O)c1ccc(Cl)cc1)C1CC2CCC1C2. The van der Waals surface area contributed by atoms with Crippen molar-refractivity contribution in [1.29, 1.82) is 0 Å². The molecular formula is C15H19ClN2O2S. The van der Waals surface area contributed by atoms with Gasteiger partial charge in [0.05, 0.1) is 4.90 Å². The highest BCUT2D eigenvalue weighted by molar-refractivity contribution is 7.89.